The topological polar surface area (TPSA) is 26.3 Å². The molecule has 0 aliphatic heterocycles. The summed E-state index contributed by atoms with van der Waals surface area (Å²) < 4.78 is 4.95. The van der Waals surface area contributed by atoms with E-state index in [-0.39, 0.29) is 5.97 Å². The van der Waals surface area contributed by atoms with Gasteiger partial charge in [-0.2, -0.15) is 0 Å². The van der Waals surface area contributed by atoms with Crippen LogP contribution >= 0.6 is 0 Å². The van der Waals surface area contributed by atoms with Gasteiger partial charge in [-0.1, -0.05) is 64.4 Å². The molecule has 0 amide bonds. The van der Waals surface area contributed by atoms with Gasteiger partial charge in [-0.25, -0.2) is 4.79 Å². The Labute approximate surface area is 105 Å². The number of carbonyl (C=O) groups excluding carboxylic acids is 1. The highest BCUT2D eigenvalue weighted by atomic mass is 16.5. The first kappa shape index (κ1) is 14.3. The standard InChI is InChI=1S/C15H26O2/c1-2-15(16)17-13-9-5-8-12-14-10-6-3-4-7-11-14/h2,14H,1,3-13H2. The fraction of sp³-hybridized carbons (Fsp3) is 0.800. The van der Waals surface area contributed by atoms with E-state index in [0.717, 1.165) is 12.3 Å². The fourth-order valence-corrected chi connectivity index (χ4v) is 2.60. The Morgan fingerprint density at radius 2 is 1.82 bits per heavy atom. The fourth-order valence-electron chi connectivity index (χ4n) is 2.60. The summed E-state index contributed by atoms with van der Waals surface area (Å²) in [5.41, 5.74) is 0. The molecule has 0 heterocycles. The summed E-state index contributed by atoms with van der Waals surface area (Å²) in [4.78, 5) is 10.8. The second-order valence-corrected chi connectivity index (χ2v) is 5.08. The summed E-state index contributed by atoms with van der Waals surface area (Å²) in [6.45, 7) is 3.92. The van der Waals surface area contributed by atoms with Crippen molar-refractivity contribution >= 4 is 5.97 Å². The number of hydrogen-bond acceptors (Lipinski definition) is 2. The van der Waals surface area contributed by atoms with E-state index in [1.54, 1.807) is 0 Å². The summed E-state index contributed by atoms with van der Waals surface area (Å²) in [6, 6.07) is 0. The second kappa shape index (κ2) is 9.26. The lowest BCUT2D eigenvalue weighted by Crippen LogP contribution is -2.02. The smallest absolute Gasteiger partial charge is 0.330 e. The first-order valence-electron chi connectivity index (χ1n) is 7.12. The van der Waals surface area contributed by atoms with Crippen LogP contribution in [0.3, 0.4) is 0 Å². The van der Waals surface area contributed by atoms with Crippen molar-refractivity contribution < 1.29 is 9.53 Å². The van der Waals surface area contributed by atoms with Crippen LogP contribution in [0.5, 0.6) is 0 Å². The molecule has 0 N–H and O–H groups in total. The van der Waals surface area contributed by atoms with Crippen LogP contribution in [-0.2, 0) is 9.53 Å². The van der Waals surface area contributed by atoms with Crippen LogP contribution in [0.15, 0.2) is 12.7 Å². The van der Waals surface area contributed by atoms with E-state index in [0.29, 0.717) is 6.61 Å². The molecule has 1 fully saturated rings. The van der Waals surface area contributed by atoms with Crippen molar-refractivity contribution in [2.45, 2.75) is 64.2 Å². The second-order valence-electron chi connectivity index (χ2n) is 5.08. The minimum absolute atomic E-state index is 0.297. The van der Waals surface area contributed by atoms with Gasteiger partial charge in [0.25, 0.3) is 0 Å². The molecule has 1 saturated carbocycles. The van der Waals surface area contributed by atoms with E-state index in [1.807, 2.05) is 0 Å². The van der Waals surface area contributed by atoms with Crippen LogP contribution in [0, 0.1) is 5.92 Å². The van der Waals surface area contributed by atoms with Crippen molar-refractivity contribution in [2.24, 2.45) is 5.92 Å². The van der Waals surface area contributed by atoms with Gasteiger partial charge in [-0.3, -0.25) is 0 Å². The summed E-state index contributed by atoms with van der Waals surface area (Å²) in [5, 5.41) is 0. The molecular formula is C15H26O2. The summed E-state index contributed by atoms with van der Waals surface area (Å²) in [6.07, 6.45) is 14.7. The minimum Gasteiger partial charge on any atom is -0.463 e. The highest BCUT2D eigenvalue weighted by Gasteiger charge is 2.11. The Morgan fingerprint density at radius 3 is 2.47 bits per heavy atom. The van der Waals surface area contributed by atoms with Crippen LogP contribution in [0.2, 0.25) is 0 Å². The number of ether oxygens (including phenoxy) is 1. The van der Waals surface area contributed by atoms with Crippen LogP contribution in [0.25, 0.3) is 0 Å². The third-order valence-corrected chi connectivity index (χ3v) is 3.64. The Kier molecular flexibility index (Phi) is 7.78. The Hall–Kier alpha value is -0.790. The van der Waals surface area contributed by atoms with Crippen molar-refractivity contribution in [3.8, 4) is 0 Å². The normalized spacial score (nSPS) is 17.4. The van der Waals surface area contributed by atoms with Gasteiger partial charge in [0.2, 0.25) is 0 Å². The summed E-state index contributed by atoms with van der Waals surface area (Å²) in [5.74, 6) is 0.669. The third-order valence-electron chi connectivity index (χ3n) is 3.64. The first-order chi connectivity index (χ1) is 8.33. The molecule has 0 aromatic carbocycles. The van der Waals surface area contributed by atoms with Gasteiger partial charge in [0.05, 0.1) is 6.61 Å². The van der Waals surface area contributed by atoms with Crippen LogP contribution in [-0.4, -0.2) is 12.6 Å². The Bertz CT molecular complexity index is 215. The maximum Gasteiger partial charge on any atom is 0.330 e. The number of unbranched alkanes of at least 4 members (excludes halogenated alkanes) is 2. The summed E-state index contributed by atoms with van der Waals surface area (Å²) in [7, 11) is 0. The molecule has 0 radical (unpaired) electrons. The molecule has 0 aromatic heterocycles. The predicted molar refractivity (Wildman–Crippen MR) is 70.8 cm³/mol. The number of carbonyl (C=O) groups is 1. The third kappa shape index (κ3) is 7.19. The van der Waals surface area contributed by atoms with Crippen LogP contribution in [0.1, 0.15) is 64.2 Å². The zero-order valence-corrected chi connectivity index (χ0v) is 11.0. The van der Waals surface area contributed by atoms with E-state index in [1.165, 1.54) is 63.9 Å². The SMILES string of the molecule is C=CC(=O)OCCCCCC1CCCCCC1. The zero-order chi connectivity index (χ0) is 12.3. The number of rotatable bonds is 7. The molecule has 0 bridgehead atoms. The molecular weight excluding hydrogens is 212 g/mol. The Morgan fingerprint density at radius 1 is 1.12 bits per heavy atom. The Balaban J connectivity index is 1.92. The van der Waals surface area contributed by atoms with Gasteiger partial charge in [-0.05, 0) is 12.3 Å². The van der Waals surface area contributed by atoms with Crippen LogP contribution in [0.4, 0.5) is 0 Å². The van der Waals surface area contributed by atoms with Gasteiger partial charge in [0, 0.05) is 6.08 Å². The maximum atomic E-state index is 10.8. The molecule has 1 rings (SSSR count). The van der Waals surface area contributed by atoms with Crippen molar-refractivity contribution in [3.05, 3.63) is 12.7 Å². The largest absolute Gasteiger partial charge is 0.463 e. The van der Waals surface area contributed by atoms with Crippen molar-refractivity contribution in [1.82, 2.24) is 0 Å². The van der Waals surface area contributed by atoms with E-state index in [9.17, 15) is 4.79 Å². The molecule has 98 valence electrons. The molecule has 0 saturated heterocycles. The van der Waals surface area contributed by atoms with Gasteiger partial charge < -0.3 is 4.74 Å². The lowest BCUT2D eigenvalue weighted by Gasteiger charge is -2.13. The molecule has 1 aliphatic carbocycles. The molecule has 2 nitrogen and oxygen atoms in total. The summed E-state index contributed by atoms with van der Waals surface area (Å²) >= 11 is 0. The minimum atomic E-state index is -0.297. The van der Waals surface area contributed by atoms with Gasteiger partial charge in [-0.15, -0.1) is 0 Å². The van der Waals surface area contributed by atoms with E-state index in [2.05, 4.69) is 6.58 Å². The van der Waals surface area contributed by atoms with Gasteiger partial charge in [0.1, 0.15) is 0 Å². The molecule has 17 heavy (non-hydrogen) atoms. The number of hydrogen-bond donors (Lipinski definition) is 0. The van der Waals surface area contributed by atoms with E-state index in [4.69, 9.17) is 4.74 Å². The van der Waals surface area contributed by atoms with Crippen molar-refractivity contribution in [1.29, 1.82) is 0 Å². The highest BCUT2D eigenvalue weighted by molar-refractivity contribution is 5.81. The van der Waals surface area contributed by atoms with Crippen LogP contribution < -0.4 is 0 Å². The quantitative estimate of drug-likeness (QED) is 0.287. The predicted octanol–water partition coefficient (Wildman–Crippen LogP) is 4.25. The monoisotopic (exact) mass is 238 g/mol. The lowest BCUT2D eigenvalue weighted by atomic mass is 9.94. The average molecular weight is 238 g/mol. The van der Waals surface area contributed by atoms with Crippen molar-refractivity contribution in [3.63, 3.8) is 0 Å². The average Bonchev–Trinajstić information content (AvgIpc) is 2.61. The van der Waals surface area contributed by atoms with Gasteiger partial charge in [0.15, 0.2) is 0 Å². The maximum absolute atomic E-state index is 10.8. The van der Waals surface area contributed by atoms with E-state index >= 15 is 0 Å². The molecule has 0 aromatic rings. The molecule has 0 spiro atoms. The molecule has 0 atom stereocenters. The van der Waals surface area contributed by atoms with Gasteiger partial charge >= 0.3 is 5.97 Å². The van der Waals surface area contributed by atoms with E-state index < -0.39 is 0 Å². The molecule has 0 unspecified atom stereocenters. The molecule has 1 aliphatic rings. The lowest BCUT2D eigenvalue weighted by molar-refractivity contribution is -0.137. The number of esters is 1. The highest BCUT2D eigenvalue weighted by Crippen LogP contribution is 2.26. The van der Waals surface area contributed by atoms with Crippen molar-refractivity contribution in [2.75, 3.05) is 6.61 Å². The molecule has 2 heteroatoms. The zero-order valence-electron chi connectivity index (χ0n) is 11.0. The first-order valence-corrected chi connectivity index (χ1v) is 7.12.